The van der Waals surface area contributed by atoms with E-state index in [9.17, 15) is 23.3 Å². The van der Waals surface area contributed by atoms with Gasteiger partial charge in [-0.2, -0.15) is 13.2 Å². The lowest BCUT2D eigenvalue weighted by atomic mass is 10.0. The minimum atomic E-state index is -4.72. The van der Waals surface area contributed by atoms with Gasteiger partial charge in [0.05, 0.1) is 27.4 Å². The van der Waals surface area contributed by atoms with E-state index in [4.69, 9.17) is 0 Å². The standard InChI is InChI=1S/C23H18F3N5O2/c1-13(16-9-17(23(24,25)26)11-18(10-16)31(32)33)28-22-21-19(15-5-4-8-27-12-15)6-3-7-20(21)29-14(2)30-22/h3-13H,1-2H3,(H,28,29,30). The van der Waals surface area contributed by atoms with E-state index in [1.165, 1.54) is 0 Å². The zero-order valence-corrected chi connectivity index (χ0v) is 17.6. The second-order valence-electron chi connectivity index (χ2n) is 7.49. The number of non-ortho nitro benzene ring substituents is 1. The number of alkyl halides is 3. The molecule has 0 radical (unpaired) electrons. The third-order valence-electron chi connectivity index (χ3n) is 5.14. The molecule has 10 heteroatoms. The Bertz CT molecular complexity index is 1340. The molecule has 0 saturated heterocycles. The van der Waals surface area contributed by atoms with Crippen LogP contribution in [0.15, 0.2) is 60.9 Å². The average molecular weight is 453 g/mol. The van der Waals surface area contributed by atoms with E-state index in [2.05, 4.69) is 20.3 Å². The molecule has 0 fully saturated rings. The fourth-order valence-electron chi connectivity index (χ4n) is 3.61. The predicted octanol–water partition coefficient (Wildman–Crippen LogP) is 6.10. The Morgan fingerprint density at radius 1 is 1.09 bits per heavy atom. The maximum absolute atomic E-state index is 13.3. The van der Waals surface area contributed by atoms with Gasteiger partial charge in [-0.3, -0.25) is 15.1 Å². The molecule has 0 saturated carbocycles. The molecule has 0 spiro atoms. The van der Waals surface area contributed by atoms with E-state index in [0.717, 1.165) is 23.3 Å². The van der Waals surface area contributed by atoms with Crippen molar-refractivity contribution in [2.75, 3.05) is 5.32 Å². The summed E-state index contributed by atoms with van der Waals surface area (Å²) in [6.45, 7) is 3.33. The van der Waals surface area contributed by atoms with E-state index in [1.54, 1.807) is 32.3 Å². The van der Waals surface area contributed by atoms with Gasteiger partial charge in [0.1, 0.15) is 11.6 Å². The van der Waals surface area contributed by atoms with Crippen molar-refractivity contribution in [3.8, 4) is 11.1 Å². The average Bonchev–Trinajstić information content (AvgIpc) is 2.78. The lowest BCUT2D eigenvalue weighted by Crippen LogP contribution is -2.13. The Hall–Kier alpha value is -4.08. The molecule has 2 aromatic heterocycles. The first-order valence-corrected chi connectivity index (χ1v) is 9.94. The summed E-state index contributed by atoms with van der Waals surface area (Å²) in [7, 11) is 0. The van der Waals surface area contributed by atoms with Crippen molar-refractivity contribution in [2.45, 2.75) is 26.1 Å². The molecule has 0 aliphatic rings. The Morgan fingerprint density at radius 3 is 2.55 bits per heavy atom. The lowest BCUT2D eigenvalue weighted by Gasteiger charge is -2.19. The number of nitro groups is 1. The highest BCUT2D eigenvalue weighted by Crippen LogP contribution is 2.36. The molecule has 0 amide bonds. The number of anilines is 1. The van der Waals surface area contributed by atoms with Gasteiger partial charge in [-0.05, 0) is 43.2 Å². The van der Waals surface area contributed by atoms with Crippen molar-refractivity contribution < 1.29 is 18.1 Å². The van der Waals surface area contributed by atoms with Crippen LogP contribution >= 0.6 is 0 Å². The lowest BCUT2D eigenvalue weighted by molar-refractivity contribution is -0.385. The van der Waals surface area contributed by atoms with Crippen LogP contribution in [0, 0.1) is 17.0 Å². The summed E-state index contributed by atoms with van der Waals surface area (Å²) in [5, 5.41) is 15.0. The highest BCUT2D eigenvalue weighted by Gasteiger charge is 2.33. The normalized spacial score (nSPS) is 12.5. The molecule has 0 bridgehead atoms. The van der Waals surface area contributed by atoms with Gasteiger partial charge in [0.15, 0.2) is 0 Å². The van der Waals surface area contributed by atoms with Gasteiger partial charge < -0.3 is 5.32 Å². The maximum atomic E-state index is 13.3. The molecule has 4 aromatic rings. The number of hydrogen-bond acceptors (Lipinski definition) is 6. The van der Waals surface area contributed by atoms with E-state index in [-0.39, 0.29) is 5.56 Å². The molecule has 0 aliphatic heterocycles. The molecular formula is C23H18F3N5O2. The number of benzene rings is 2. The van der Waals surface area contributed by atoms with Crippen LogP contribution in [0.1, 0.15) is 29.9 Å². The zero-order chi connectivity index (χ0) is 23.8. The SMILES string of the molecule is Cc1nc(NC(C)c2cc([N+](=O)[O-])cc(C(F)(F)F)c2)c2c(-c3cccnc3)cccc2n1. The number of pyridine rings is 1. The summed E-state index contributed by atoms with van der Waals surface area (Å²) in [6.07, 6.45) is -1.37. The molecule has 2 aromatic carbocycles. The summed E-state index contributed by atoms with van der Waals surface area (Å²) in [5.41, 5.74) is 0.660. The number of aromatic nitrogens is 3. The number of nitro benzene ring substituents is 1. The number of fused-ring (bicyclic) bond motifs is 1. The number of aryl methyl sites for hydroxylation is 1. The fourth-order valence-corrected chi connectivity index (χ4v) is 3.61. The van der Waals surface area contributed by atoms with Gasteiger partial charge in [-0.25, -0.2) is 9.97 Å². The third kappa shape index (κ3) is 4.59. The first-order valence-electron chi connectivity index (χ1n) is 9.94. The summed E-state index contributed by atoms with van der Waals surface area (Å²) < 4.78 is 40.0. The molecule has 7 nitrogen and oxygen atoms in total. The number of nitrogens with zero attached hydrogens (tertiary/aromatic N) is 4. The topological polar surface area (TPSA) is 93.8 Å². The van der Waals surface area contributed by atoms with Crippen molar-refractivity contribution in [3.05, 3.63) is 88.0 Å². The largest absolute Gasteiger partial charge is 0.416 e. The van der Waals surface area contributed by atoms with Gasteiger partial charge >= 0.3 is 6.18 Å². The molecular weight excluding hydrogens is 435 g/mol. The second kappa shape index (κ2) is 8.45. The van der Waals surface area contributed by atoms with Crippen LogP contribution in [0.5, 0.6) is 0 Å². The Kier molecular flexibility index (Phi) is 5.67. The maximum Gasteiger partial charge on any atom is 0.416 e. The van der Waals surface area contributed by atoms with Crippen LogP contribution in [0.4, 0.5) is 24.7 Å². The first-order chi connectivity index (χ1) is 15.6. The Morgan fingerprint density at radius 2 is 1.88 bits per heavy atom. The number of nitrogens with one attached hydrogen (secondary N) is 1. The van der Waals surface area contributed by atoms with Gasteiger partial charge in [0.25, 0.3) is 5.69 Å². The van der Waals surface area contributed by atoms with Gasteiger partial charge in [0, 0.05) is 30.1 Å². The summed E-state index contributed by atoms with van der Waals surface area (Å²) in [4.78, 5) is 23.5. The van der Waals surface area contributed by atoms with Crippen molar-refractivity contribution in [1.82, 2.24) is 15.0 Å². The quantitative estimate of drug-likeness (QED) is 0.290. The third-order valence-corrected chi connectivity index (χ3v) is 5.14. The van der Waals surface area contributed by atoms with Crippen LogP contribution in [0.2, 0.25) is 0 Å². The van der Waals surface area contributed by atoms with Gasteiger partial charge in [0.2, 0.25) is 0 Å². The van der Waals surface area contributed by atoms with Crippen LogP contribution < -0.4 is 5.32 Å². The summed E-state index contributed by atoms with van der Waals surface area (Å²) in [5.74, 6) is 0.875. The van der Waals surface area contributed by atoms with Crippen molar-refractivity contribution in [1.29, 1.82) is 0 Å². The van der Waals surface area contributed by atoms with Gasteiger partial charge in [-0.1, -0.05) is 18.2 Å². The monoisotopic (exact) mass is 453 g/mol. The van der Waals surface area contributed by atoms with Crippen molar-refractivity contribution in [2.24, 2.45) is 0 Å². The Labute approximate surface area is 186 Å². The molecule has 33 heavy (non-hydrogen) atoms. The van der Waals surface area contributed by atoms with E-state index in [0.29, 0.717) is 28.6 Å². The fraction of sp³-hybridized carbons (Fsp3) is 0.174. The van der Waals surface area contributed by atoms with Crippen LogP contribution in [-0.4, -0.2) is 19.9 Å². The molecule has 1 N–H and O–H groups in total. The molecule has 2 heterocycles. The van der Waals surface area contributed by atoms with E-state index >= 15 is 0 Å². The summed E-state index contributed by atoms with van der Waals surface area (Å²) in [6, 6.07) is 11.1. The van der Waals surface area contributed by atoms with E-state index in [1.807, 2.05) is 24.3 Å². The molecule has 4 rings (SSSR count). The number of rotatable bonds is 5. The Balaban J connectivity index is 1.83. The minimum absolute atomic E-state index is 0.111. The minimum Gasteiger partial charge on any atom is -0.363 e. The first kappa shape index (κ1) is 22.1. The highest BCUT2D eigenvalue weighted by atomic mass is 19.4. The molecule has 1 atom stereocenters. The zero-order valence-electron chi connectivity index (χ0n) is 17.6. The predicted molar refractivity (Wildman–Crippen MR) is 118 cm³/mol. The number of halogens is 3. The molecule has 168 valence electrons. The van der Waals surface area contributed by atoms with Crippen LogP contribution in [0.3, 0.4) is 0 Å². The molecule has 0 aliphatic carbocycles. The van der Waals surface area contributed by atoms with E-state index < -0.39 is 28.4 Å². The van der Waals surface area contributed by atoms with Crippen molar-refractivity contribution in [3.63, 3.8) is 0 Å². The smallest absolute Gasteiger partial charge is 0.363 e. The highest BCUT2D eigenvalue weighted by molar-refractivity contribution is 6.01. The second-order valence-corrected chi connectivity index (χ2v) is 7.49. The molecule has 1 unspecified atom stereocenters. The van der Waals surface area contributed by atoms with Crippen LogP contribution in [-0.2, 0) is 6.18 Å². The van der Waals surface area contributed by atoms with Gasteiger partial charge in [-0.15, -0.1) is 0 Å². The number of hydrogen-bond donors (Lipinski definition) is 1. The summed E-state index contributed by atoms with van der Waals surface area (Å²) >= 11 is 0. The van der Waals surface area contributed by atoms with Crippen molar-refractivity contribution >= 4 is 22.4 Å². The van der Waals surface area contributed by atoms with Crippen LogP contribution in [0.25, 0.3) is 22.0 Å².